The first-order chi connectivity index (χ1) is 7.19. The number of nitrogens with two attached hydrogens (primary N) is 1. The topological polar surface area (TPSA) is 55.1 Å². The van der Waals surface area contributed by atoms with E-state index in [9.17, 15) is 4.79 Å². The Kier molecular flexibility index (Phi) is 4.62. The first kappa shape index (κ1) is 12.0. The van der Waals surface area contributed by atoms with Gasteiger partial charge in [-0.15, -0.1) is 11.3 Å². The Balaban J connectivity index is 2.58. The van der Waals surface area contributed by atoms with E-state index in [1.165, 1.54) is 11.3 Å². The van der Waals surface area contributed by atoms with Gasteiger partial charge in [0.15, 0.2) is 0 Å². The molecule has 1 heterocycles. The van der Waals surface area contributed by atoms with Crippen molar-refractivity contribution in [1.29, 1.82) is 0 Å². The molecule has 0 aliphatic carbocycles. The second kappa shape index (κ2) is 5.75. The SMILES string of the molecule is CCCC(CC)NC(=O)c1sccc1N. The molecule has 0 saturated carbocycles. The molecular weight excluding hydrogens is 208 g/mol. The number of hydrogen-bond donors (Lipinski definition) is 2. The lowest BCUT2D eigenvalue weighted by Crippen LogP contribution is -2.34. The zero-order valence-corrected chi connectivity index (χ0v) is 10.1. The maximum Gasteiger partial charge on any atom is 0.263 e. The molecule has 3 N–H and O–H groups in total. The fraction of sp³-hybridized carbons (Fsp3) is 0.545. The molecule has 0 fully saturated rings. The number of carbonyl (C=O) groups excluding carboxylic acids is 1. The van der Waals surface area contributed by atoms with Crippen LogP contribution < -0.4 is 11.1 Å². The predicted octanol–water partition coefficient (Wildman–Crippen LogP) is 2.64. The van der Waals surface area contributed by atoms with Crippen LogP contribution in [0.1, 0.15) is 42.8 Å². The molecule has 0 radical (unpaired) electrons. The minimum atomic E-state index is -0.0391. The van der Waals surface area contributed by atoms with Crippen LogP contribution in [0.2, 0.25) is 0 Å². The van der Waals surface area contributed by atoms with Gasteiger partial charge in [0.2, 0.25) is 0 Å². The molecule has 1 unspecified atom stereocenters. The van der Waals surface area contributed by atoms with Crippen LogP contribution in [0.5, 0.6) is 0 Å². The molecule has 0 bridgehead atoms. The molecule has 1 aromatic heterocycles. The summed E-state index contributed by atoms with van der Waals surface area (Å²) in [7, 11) is 0. The number of carbonyl (C=O) groups is 1. The van der Waals surface area contributed by atoms with Gasteiger partial charge in [-0.1, -0.05) is 20.3 Å². The Morgan fingerprint density at radius 3 is 2.80 bits per heavy atom. The second-order valence-electron chi connectivity index (χ2n) is 3.57. The first-order valence-electron chi connectivity index (χ1n) is 5.32. The fourth-order valence-electron chi connectivity index (χ4n) is 1.48. The minimum Gasteiger partial charge on any atom is -0.397 e. The normalized spacial score (nSPS) is 12.4. The van der Waals surface area contributed by atoms with Crippen molar-refractivity contribution in [1.82, 2.24) is 5.32 Å². The summed E-state index contributed by atoms with van der Waals surface area (Å²) in [5, 5.41) is 4.84. The lowest BCUT2D eigenvalue weighted by Gasteiger charge is -2.15. The number of anilines is 1. The zero-order valence-electron chi connectivity index (χ0n) is 9.25. The molecular formula is C11H18N2OS. The molecule has 1 amide bonds. The summed E-state index contributed by atoms with van der Waals surface area (Å²) in [6, 6.07) is 2.03. The van der Waals surface area contributed by atoms with Crippen LogP contribution in [-0.2, 0) is 0 Å². The predicted molar refractivity (Wildman–Crippen MR) is 65.2 cm³/mol. The van der Waals surface area contributed by atoms with E-state index in [-0.39, 0.29) is 11.9 Å². The Morgan fingerprint density at radius 2 is 2.33 bits per heavy atom. The molecule has 84 valence electrons. The number of amides is 1. The van der Waals surface area contributed by atoms with E-state index in [0.717, 1.165) is 19.3 Å². The summed E-state index contributed by atoms with van der Waals surface area (Å²) in [5.41, 5.74) is 6.26. The van der Waals surface area contributed by atoms with Gasteiger partial charge in [0, 0.05) is 6.04 Å². The van der Waals surface area contributed by atoms with Crippen molar-refractivity contribution < 1.29 is 4.79 Å². The third kappa shape index (κ3) is 3.23. The number of hydrogen-bond acceptors (Lipinski definition) is 3. The van der Waals surface area contributed by atoms with E-state index in [0.29, 0.717) is 10.6 Å². The van der Waals surface area contributed by atoms with E-state index in [2.05, 4.69) is 19.2 Å². The van der Waals surface area contributed by atoms with Gasteiger partial charge >= 0.3 is 0 Å². The smallest absolute Gasteiger partial charge is 0.263 e. The third-order valence-electron chi connectivity index (χ3n) is 2.37. The fourth-order valence-corrected chi connectivity index (χ4v) is 2.20. The maximum absolute atomic E-state index is 11.8. The molecule has 0 aliphatic rings. The van der Waals surface area contributed by atoms with Gasteiger partial charge in [-0.25, -0.2) is 0 Å². The summed E-state index contributed by atoms with van der Waals surface area (Å²) in [4.78, 5) is 12.4. The van der Waals surface area contributed by atoms with Gasteiger partial charge in [-0.05, 0) is 24.3 Å². The third-order valence-corrected chi connectivity index (χ3v) is 3.30. The highest BCUT2D eigenvalue weighted by atomic mass is 32.1. The largest absolute Gasteiger partial charge is 0.397 e. The van der Waals surface area contributed by atoms with Crippen LogP contribution in [0.3, 0.4) is 0 Å². The molecule has 15 heavy (non-hydrogen) atoms. The van der Waals surface area contributed by atoms with E-state index in [1.807, 2.05) is 5.38 Å². The van der Waals surface area contributed by atoms with Gasteiger partial charge in [0.25, 0.3) is 5.91 Å². The van der Waals surface area contributed by atoms with Crippen molar-refractivity contribution in [2.75, 3.05) is 5.73 Å². The Hall–Kier alpha value is -1.03. The Morgan fingerprint density at radius 1 is 1.60 bits per heavy atom. The molecule has 1 aromatic rings. The van der Waals surface area contributed by atoms with Crippen molar-refractivity contribution in [2.24, 2.45) is 0 Å². The van der Waals surface area contributed by atoms with Crippen LogP contribution in [0.15, 0.2) is 11.4 Å². The number of nitrogens with one attached hydrogen (secondary N) is 1. The molecule has 0 spiro atoms. The Bertz CT molecular complexity index is 322. The minimum absolute atomic E-state index is 0.0391. The number of rotatable bonds is 5. The van der Waals surface area contributed by atoms with Crippen molar-refractivity contribution in [2.45, 2.75) is 39.2 Å². The average molecular weight is 226 g/mol. The molecule has 1 rings (SSSR count). The van der Waals surface area contributed by atoms with Gasteiger partial charge in [-0.3, -0.25) is 4.79 Å². The van der Waals surface area contributed by atoms with Gasteiger partial charge in [0.05, 0.1) is 5.69 Å². The standard InChI is InChI=1S/C11H18N2OS/c1-3-5-8(4-2)13-11(14)10-9(12)6-7-15-10/h6-8H,3-5,12H2,1-2H3,(H,13,14). The lowest BCUT2D eigenvalue weighted by molar-refractivity contribution is 0.0938. The van der Waals surface area contributed by atoms with E-state index in [4.69, 9.17) is 5.73 Å². The monoisotopic (exact) mass is 226 g/mol. The van der Waals surface area contributed by atoms with Crippen molar-refractivity contribution in [3.63, 3.8) is 0 Å². The molecule has 1 atom stereocenters. The van der Waals surface area contributed by atoms with Crippen molar-refractivity contribution in [3.05, 3.63) is 16.3 Å². The van der Waals surface area contributed by atoms with Crippen LogP contribution >= 0.6 is 11.3 Å². The van der Waals surface area contributed by atoms with Crippen LogP contribution in [0.4, 0.5) is 5.69 Å². The van der Waals surface area contributed by atoms with E-state index < -0.39 is 0 Å². The van der Waals surface area contributed by atoms with Crippen molar-refractivity contribution in [3.8, 4) is 0 Å². The van der Waals surface area contributed by atoms with E-state index in [1.54, 1.807) is 6.07 Å². The summed E-state index contributed by atoms with van der Waals surface area (Å²) in [6.45, 7) is 4.20. The van der Waals surface area contributed by atoms with Gasteiger partial charge in [-0.2, -0.15) is 0 Å². The van der Waals surface area contributed by atoms with Gasteiger partial charge in [0.1, 0.15) is 4.88 Å². The maximum atomic E-state index is 11.8. The molecule has 4 heteroatoms. The van der Waals surface area contributed by atoms with Gasteiger partial charge < -0.3 is 11.1 Å². The van der Waals surface area contributed by atoms with Crippen molar-refractivity contribution >= 4 is 22.9 Å². The number of nitrogen functional groups attached to an aromatic ring is 1. The highest BCUT2D eigenvalue weighted by Crippen LogP contribution is 2.18. The summed E-state index contributed by atoms with van der Waals surface area (Å²) < 4.78 is 0. The highest BCUT2D eigenvalue weighted by molar-refractivity contribution is 7.12. The summed E-state index contributed by atoms with van der Waals surface area (Å²) >= 11 is 1.39. The molecule has 3 nitrogen and oxygen atoms in total. The molecule has 0 aliphatic heterocycles. The Labute approximate surface area is 94.7 Å². The zero-order chi connectivity index (χ0) is 11.3. The van der Waals surface area contributed by atoms with E-state index >= 15 is 0 Å². The highest BCUT2D eigenvalue weighted by Gasteiger charge is 2.14. The summed E-state index contributed by atoms with van der Waals surface area (Å²) in [5.74, 6) is -0.0391. The molecule has 0 saturated heterocycles. The van der Waals surface area contributed by atoms with Crippen LogP contribution in [-0.4, -0.2) is 11.9 Å². The quantitative estimate of drug-likeness (QED) is 0.811. The molecule has 0 aromatic carbocycles. The lowest BCUT2D eigenvalue weighted by atomic mass is 10.1. The van der Waals surface area contributed by atoms with Crippen LogP contribution in [0.25, 0.3) is 0 Å². The second-order valence-corrected chi connectivity index (χ2v) is 4.49. The summed E-state index contributed by atoms with van der Waals surface area (Å²) in [6.07, 6.45) is 3.07. The first-order valence-corrected chi connectivity index (χ1v) is 6.20. The number of thiophene rings is 1. The van der Waals surface area contributed by atoms with Crippen LogP contribution in [0, 0.1) is 0 Å². The average Bonchev–Trinajstić information content (AvgIpc) is 2.63.